The minimum absolute atomic E-state index is 0.0428. The number of hydrogen-bond acceptors (Lipinski definition) is 4. The van der Waals surface area contributed by atoms with Crippen molar-refractivity contribution in [1.82, 2.24) is 10.6 Å². The molecule has 1 aromatic carbocycles. The van der Waals surface area contributed by atoms with E-state index in [1.54, 1.807) is 13.8 Å². The first-order valence-electron chi connectivity index (χ1n) is 10.2. The van der Waals surface area contributed by atoms with E-state index >= 15 is 0 Å². The summed E-state index contributed by atoms with van der Waals surface area (Å²) in [6, 6.07) is 5.89. The van der Waals surface area contributed by atoms with Crippen LogP contribution in [-0.2, 0) is 22.4 Å². The first-order chi connectivity index (χ1) is 15.4. The summed E-state index contributed by atoms with van der Waals surface area (Å²) in [5, 5.41) is 15.2. The number of hydrogen-bond donors (Lipinski definition) is 3. The van der Waals surface area contributed by atoms with Crippen LogP contribution in [0.15, 0.2) is 59.2 Å². The van der Waals surface area contributed by atoms with Gasteiger partial charge in [-0.05, 0) is 62.4 Å². The molecule has 0 spiro atoms. The van der Waals surface area contributed by atoms with Gasteiger partial charge in [0, 0.05) is 23.7 Å². The zero-order valence-electron chi connectivity index (χ0n) is 18.5. The molecule has 0 radical (unpaired) electrons. The Kier molecular flexibility index (Phi) is 9.18. The maximum Gasteiger partial charge on any atom is 0.522 e. The van der Waals surface area contributed by atoms with Crippen molar-refractivity contribution in [3.63, 3.8) is 0 Å². The van der Waals surface area contributed by atoms with E-state index in [1.165, 1.54) is 22.9 Å². The van der Waals surface area contributed by atoms with Gasteiger partial charge in [0.1, 0.15) is 4.75 Å². The quantitative estimate of drug-likeness (QED) is 0.514. The normalized spacial score (nSPS) is 17.3. The van der Waals surface area contributed by atoms with Crippen LogP contribution in [0.5, 0.6) is 0 Å². The third-order valence-corrected chi connectivity index (χ3v) is 5.99. The second-order valence-corrected chi connectivity index (χ2v) is 9.58. The topological polar surface area (TPSA) is 87.7 Å². The summed E-state index contributed by atoms with van der Waals surface area (Å²) in [5.41, 5.74) is 3.17. The maximum absolute atomic E-state index is 12.3. The standard InChI is InChI=1S/C21H24N2O3S.C2H3F3O/c1-21(2,19(24)25)27-18-10-9-14-11-17(12-15(14)13-18)23-20(26)22-16-7-5-3-4-6-8-16;1-6-2(3,4)5/h3-5,7-10,13,17H,6,11-12H2,1-2H3,(H,24,25)(H2,22,23,26);1H3. The molecule has 0 heterocycles. The van der Waals surface area contributed by atoms with Gasteiger partial charge in [-0.3, -0.25) is 9.53 Å². The number of rotatable bonds is 5. The smallest absolute Gasteiger partial charge is 0.480 e. The van der Waals surface area contributed by atoms with E-state index in [-0.39, 0.29) is 12.1 Å². The second-order valence-electron chi connectivity index (χ2n) is 7.88. The molecule has 0 saturated carbocycles. The number of benzene rings is 1. The summed E-state index contributed by atoms with van der Waals surface area (Å²) in [7, 11) is 0.583. The summed E-state index contributed by atoms with van der Waals surface area (Å²) < 4.78 is 33.7. The van der Waals surface area contributed by atoms with Gasteiger partial charge < -0.3 is 15.7 Å². The van der Waals surface area contributed by atoms with Crippen molar-refractivity contribution < 1.29 is 32.6 Å². The molecule has 0 fully saturated rings. The van der Waals surface area contributed by atoms with Gasteiger partial charge in [0.2, 0.25) is 0 Å². The average Bonchev–Trinajstić information content (AvgIpc) is 2.92. The minimum Gasteiger partial charge on any atom is -0.480 e. The lowest BCUT2D eigenvalue weighted by Crippen LogP contribution is -2.41. The fraction of sp³-hybridized carbons (Fsp3) is 0.391. The zero-order chi connectivity index (χ0) is 24.6. The molecule has 1 unspecified atom stereocenters. The lowest BCUT2D eigenvalue weighted by atomic mass is 10.1. The van der Waals surface area contributed by atoms with Crippen molar-refractivity contribution in [2.75, 3.05) is 7.11 Å². The summed E-state index contributed by atoms with van der Waals surface area (Å²) >= 11 is 1.34. The minimum atomic E-state index is -4.46. The van der Waals surface area contributed by atoms with Crippen LogP contribution in [0.1, 0.15) is 31.4 Å². The number of carbonyl (C=O) groups is 2. The lowest BCUT2D eigenvalue weighted by molar-refractivity contribution is -0.311. The Bertz CT molecular complexity index is 956. The van der Waals surface area contributed by atoms with Gasteiger partial charge in [0.15, 0.2) is 0 Å². The highest BCUT2D eigenvalue weighted by Gasteiger charge is 2.30. The van der Waals surface area contributed by atoms with Crippen molar-refractivity contribution in [2.45, 2.75) is 55.2 Å². The van der Waals surface area contributed by atoms with Gasteiger partial charge in [0.25, 0.3) is 0 Å². The Morgan fingerprint density at radius 3 is 2.45 bits per heavy atom. The molecular formula is C23H27F3N2O4S. The van der Waals surface area contributed by atoms with E-state index in [0.717, 1.165) is 29.9 Å². The molecular weight excluding hydrogens is 457 g/mol. The highest BCUT2D eigenvalue weighted by molar-refractivity contribution is 8.01. The van der Waals surface area contributed by atoms with E-state index in [0.29, 0.717) is 7.11 Å². The van der Waals surface area contributed by atoms with Crippen LogP contribution in [0.3, 0.4) is 0 Å². The van der Waals surface area contributed by atoms with Gasteiger partial charge in [-0.25, -0.2) is 4.79 Å². The van der Waals surface area contributed by atoms with E-state index in [9.17, 15) is 27.9 Å². The van der Waals surface area contributed by atoms with Crippen LogP contribution in [0, 0.1) is 0 Å². The largest absolute Gasteiger partial charge is 0.522 e. The summed E-state index contributed by atoms with van der Waals surface area (Å²) in [6.07, 6.45) is 7.60. The highest BCUT2D eigenvalue weighted by atomic mass is 32.2. The number of alkyl halides is 3. The van der Waals surface area contributed by atoms with E-state index in [1.807, 2.05) is 48.6 Å². The average molecular weight is 485 g/mol. The van der Waals surface area contributed by atoms with Crippen LogP contribution in [-0.4, -0.2) is 41.4 Å². The molecule has 3 N–H and O–H groups in total. The third-order valence-electron chi connectivity index (χ3n) is 4.82. The van der Waals surface area contributed by atoms with Crippen molar-refractivity contribution in [3.05, 3.63) is 65.4 Å². The molecule has 0 aromatic heterocycles. The predicted molar refractivity (Wildman–Crippen MR) is 121 cm³/mol. The predicted octanol–water partition coefficient (Wildman–Crippen LogP) is 4.96. The molecule has 1 aromatic rings. The summed E-state index contributed by atoms with van der Waals surface area (Å²) in [5.74, 6) is -0.832. The Labute approximate surface area is 195 Å². The number of allylic oxidation sites excluding steroid dienone is 5. The van der Waals surface area contributed by atoms with Crippen molar-refractivity contribution in [1.29, 1.82) is 0 Å². The van der Waals surface area contributed by atoms with Crippen molar-refractivity contribution >= 4 is 23.8 Å². The number of ether oxygens (including phenoxy) is 1. The molecule has 33 heavy (non-hydrogen) atoms. The number of halogens is 3. The summed E-state index contributed by atoms with van der Waals surface area (Å²) in [4.78, 5) is 24.5. The van der Waals surface area contributed by atoms with Gasteiger partial charge in [-0.15, -0.1) is 24.9 Å². The lowest BCUT2D eigenvalue weighted by Gasteiger charge is -2.18. The Morgan fingerprint density at radius 1 is 1.15 bits per heavy atom. The van der Waals surface area contributed by atoms with Crippen LogP contribution in [0.2, 0.25) is 0 Å². The van der Waals surface area contributed by atoms with Crippen molar-refractivity contribution in [3.8, 4) is 0 Å². The van der Waals surface area contributed by atoms with Gasteiger partial charge in [-0.2, -0.15) is 0 Å². The van der Waals surface area contributed by atoms with Crippen molar-refractivity contribution in [2.24, 2.45) is 0 Å². The number of amides is 2. The van der Waals surface area contributed by atoms with Crippen LogP contribution in [0.25, 0.3) is 0 Å². The molecule has 3 rings (SSSR count). The SMILES string of the molecule is CC(C)(Sc1ccc2c(c1)CC(NC(=O)NC1=CCC=CC=C1)C2)C(=O)O.COC(F)(F)F. The number of carboxylic acids is 1. The number of carboxylic acid groups (broad SMARTS) is 1. The summed E-state index contributed by atoms with van der Waals surface area (Å²) in [6.45, 7) is 3.40. The number of aliphatic carboxylic acids is 1. The van der Waals surface area contributed by atoms with Gasteiger partial charge in [-0.1, -0.05) is 30.4 Å². The molecule has 0 saturated heterocycles. The molecule has 2 aliphatic carbocycles. The number of fused-ring (bicyclic) bond motifs is 1. The van der Waals surface area contributed by atoms with Gasteiger partial charge in [0.05, 0.1) is 0 Å². The van der Waals surface area contributed by atoms with Crippen LogP contribution >= 0.6 is 11.8 Å². The molecule has 10 heteroatoms. The zero-order valence-corrected chi connectivity index (χ0v) is 19.3. The molecule has 2 aliphatic rings. The molecule has 2 amide bonds. The fourth-order valence-electron chi connectivity index (χ4n) is 3.12. The molecule has 6 nitrogen and oxygen atoms in total. The second kappa shape index (κ2) is 11.4. The highest BCUT2D eigenvalue weighted by Crippen LogP contribution is 2.35. The number of carbonyl (C=O) groups excluding carboxylic acids is 1. The maximum atomic E-state index is 12.3. The molecule has 180 valence electrons. The van der Waals surface area contributed by atoms with E-state index in [4.69, 9.17) is 0 Å². The van der Waals surface area contributed by atoms with Crippen LogP contribution in [0.4, 0.5) is 18.0 Å². The number of nitrogens with one attached hydrogen (secondary N) is 2. The Balaban J connectivity index is 0.000000569. The molecule has 0 bridgehead atoms. The van der Waals surface area contributed by atoms with Crippen LogP contribution < -0.4 is 10.6 Å². The number of thioether (sulfide) groups is 1. The number of urea groups is 1. The Hall–Kier alpha value is -2.72. The van der Waals surface area contributed by atoms with E-state index < -0.39 is 17.1 Å². The first-order valence-corrected chi connectivity index (χ1v) is 11.0. The monoisotopic (exact) mass is 484 g/mol. The molecule has 1 atom stereocenters. The van der Waals surface area contributed by atoms with Gasteiger partial charge >= 0.3 is 18.4 Å². The first kappa shape index (κ1) is 26.5. The fourth-order valence-corrected chi connectivity index (χ4v) is 4.14. The van der Waals surface area contributed by atoms with E-state index in [2.05, 4.69) is 15.4 Å². The third kappa shape index (κ3) is 8.97. The number of methoxy groups -OCH3 is 1. The Morgan fingerprint density at radius 2 is 1.82 bits per heavy atom. The molecule has 0 aliphatic heterocycles.